The molecule has 0 radical (unpaired) electrons. The minimum absolute atomic E-state index is 0.141. The molecule has 2 aromatic rings. The summed E-state index contributed by atoms with van der Waals surface area (Å²) < 4.78 is 10.8. The summed E-state index contributed by atoms with van der Waals surface area (Å²) in [4.78, 5) is 7.25. The van der Waals surface area contributed by atoms with Crippen molar-refractivity contribution in [2.45, 2.75) is 32.8 Å². The normalized spacial score (nSPS) is 12.3. The third kappa shape index (κ3) is 3.01. The Bertz CT molecular complexity index is 561. The van der Waals surface area contributed by atoms with Crippen molar-refractivity contribution in [3.8, 4) is 17.7 Å². The maximum absolute atomic E-state index is 8.77. The van der Waals surface area contributed by atoms with Gasteiger partial charge in [-0.2, -0.15) is 10.2 Å². The molecule has 0 aliphatic heterocycles. The lowest BCUT2D eigenvalue weighted by atomic mass is 10.2. The van der Waals surface area contributed by atoms with Crippen molar-refractivity contribution in [2.75, 3.05) is 6.61 Å². The van der Waals surface area contributed by atoms with Gasteiger partial charge in [-0.25, -0.2) is 0 Å². The van der Waals surface area contributed by atoms with E-state index in [4.69, 9.17) is 14.5 Å². The van der Waals surface area contributed by atoms with E-state index in [-0.39, 0.29) is 6.10 Å². The van der Waals surface area contributed by atoms with Gasteiger partial charge < -0.3 is 14.2 Å². The van der Waals surface area contributed by atoms with Crippen LogP contribution in [-0.4, -0.2) is 21.7 Å². The number of nitriles is 1. The average Bonchev–Trinajstić information content (AvgIpc) is 3.07. The average molecular weight is 260 g/mol. The summed E-state index contributed by atoms with van der Waals surface area (Å²) in [7, 11) is 0. The van der Waals surface area contributed by atoms with Crippen LogP contribution in [0.4, 0.5) is 0 Å². The predicted octanol–water partition coefficient (Wildman–Crippen LogP) is 2.81. The van der Waals surface area contributed by atoms with Gasteiger partial charge in [-0.05, 0) is 19.4 Å². The first-order chi connectivity index (χ1) is 9.28. The van der Waals surface area contributed by atoms with Crippen molar-refractivity contribution in [2.24, 2.45) is 0 Å². The van der Waals surface area contributed by atoms with Gasteiger partial charge in [0.2, 0.25) is 5.82 Å². The lowest BCUT2D eigenvalue weighted by molar-refractivity contribution is 0.0478. The molecular formula is C13H16N4O2. The first kappa shape index (κ1) is 13.3. The molecule has 2 rings (SSSR count). The summed E-state index contributed by atoms with van der Waals surface area (Å²) >= 11 is 0. The Morgan fingerprint density at radius 1 is 1.53 bits per heavy atom. The van der Waals surface area contributed by atoms with Crippen molar-refractivity contribution in [1.29, 1.82) is 5.26 Å². The standard InChI is InChI=1S/C13H16N4O2/c1-3-5-11(18-4-2)12-16-13(19-17-12)10-6-9(7-14)8-15-10/h6,8,11,15H,3-5H2,1-2H3. The number of aromatic nitrogens is 3. The van der Waals surface area contributed by atoms with E-state index in [2.05, 4.69) is 22.0 Å². The van der Waals surface area contributed by atoms with Crippen molar-refractivity contribution in [1.82, 2.24) is 15.1 Å². The monoisotopic (exact) mass is 260 g/mol. The van der Waals surface area contributed by atoms with E-state index in [1.54, 1.807) is 12.3 Å². The zero-order chi connectivity index (χ0) is 13.7. The van der Waals surface area contributed by atoms with Crippen LogP contribution in [0.3, 0.4) is 0 Å². The fraction of sp³-hybridized carbons (Fsp3) is 0.462. The Kier molecular flexibility index (Phi) is 4.31. The smallest absolute Gasteiger partial charge is 0.274 e. The minimum atomic E-state index is -0.141. The minimum Gasteiger partial charge on any atom is -0.370 e. The molecule has 0 aliphatic carbocycles. The fourth-order valence-corrected chi connectivity index (χ4v) is 1.81. The lowest BCUT2D eigenvalue weighted by Gasteiger charge is -2.10. The Morgan fingerprint density at radius 2 is 2.37 bits per heavy atom. The Morgan fingerprint density at radius 3 is 3.00 bits per heavy atom. The van der Waals surface area contributed by atoms with E-state index < -0.39 is 0 Å². The third-order valence-electron chi connectivity index (χ3n) is 2.69. The van der Waals surface area contributed by atoms with Crippen LogP contribution in [0.15, 0.2) is 16.8 Å². The van der Waals surface area contributed by atoms with Gasteiger partial charge in [0.05, 0.1) is 5.56 Å². The molecule has 0 aliphatic rings. The van der Waals surface area contributed by atoms with Gasteiger partial charge in [0.25, 0.3) is 5.89 Å². The molecule has 2 heterocycles. The third-order valence-corrected chi connectivity index (χ3v) is 2.69. The molecule has 0 spiro atoms. The molecule has 0 saturated carbocycles. The highest BCUT2D eigenvalue weighted by molar-refractivity contribution is 5.51. The van der Waals surface area contributed by atoms with Crippen LogP contribution in [-0.2, 0) is 4.74 Å². The van der Waals surface area contributed by atoms with Crippen molar-refractivity contribution in [3.63, 3.8) is 0 Å². The number of ether oxygens (including phenoxy) is 1. The topological polar surface area (TPSA) is 87.7 Å². The number of hydrogen-bond donors (Lipinski definition) is 1. The first-order valence-electron chi connectivity index (χ1n) is 6.32. The predicted molar refractivity (Wildman–Crippen MR) is 68.1 cm³/mol. The van der Waals surface area contributed by atoms with Crippen LogP contribution >= 0.6 is 0 Å². The summed E-state index contributed by atoms with van der Waals surface area (Å²) in [6.07, 6.45) is 3.29. The number of H-pyrrole nitrogens is 1. The highest BCUT2D eigenvalue weighted by Gasteiger charge is 2.19. The maximum atomic E-state index is 8.77. The highest BCUT2D eigenvalue weighted by atomic mass is 16.5. The Balaban J connectivity index is 2.19. The van der Waals surface area contributed by atoms with Crippen LogP contribution in [0.25, 0.3) is 11.6 Å². The van der Waals surface area contributed by atoms with Crippen LogP contribution in [0.1, 0.15) is 44.2 Å². The second-order valence-electron chi connectivity index (χ2n) is 4.10. The summed E-state index contributed by atoms with van der Waals surface area (Å²) in [6, 6.07) is 3.71. The van der Waals surface area contributed by atoms with Gasteiger partial charge in [0.15, 0.2) is 0 Å². The summed E-state index contributed by atoms with van der Waals surface area (Å²) in [5, 5.41) is 12.7. The second-order valence-corrected chi connectivity index (χ2v) is 4.10. The lowest BCUT2D eigenvalue weighted by Crippen LogP contribution is -2.05. The van der Waals surface area contributed by atoms with E-state index in [0.29, 0.717) is 29.6 Å². The maximum Gasteiger partial charge on any atom is 0.274 e. The molecule has 0 fully saturated rings. The summed E-state index contributed by atoms with van der Waals surface area (Å²) in [5.74, 6) is 0.920. The first-order valence-corrected chi connectivity index (χ1v) is 6.32. The van der Waals surface area contributed by atoms with Gasteiger partial charge in [-0.1, -0.05) is 18.5 Å². The molecule has 100 valence electrons. The van der Waals surface area contributed by atoms with E-state index in [9.17, 15) is 0 Å². The molecule has 0 saturated heterocycles. The van der Waals surface area contributed by atoms with Crippen molar-refractivity contribution in [3.05, 3.63) is 23.7 Å². The SMILES string of the molecule is CCCC(OCC)c1noc(-c2cc(C#N)c[nH]2)n1. The van der Waals surface area contributed by atoms with Crippen molar-refractivity contribution < 1.29 is 9.26 Å². The second kappa shape index (κ2) is 6.16. The molecule has 0 amide bonds. The number of aromatic amines is 1. The quantitative estimate of drug-likeness (QED) is 0.862. The molecule has 0 bridgehead atoms. The molecule has 6 heteroatoms. The van der Waals surface area contributed by atoms with Crippen LogP contribution in [0.2, 0.25) is 0 Å². The van der Waals surface area contributed by atoms with E-state index in [0.717, 1.165) is 12.8 Å². The van der Waals surface area contributed by atoms with E-state index >= 15 is 0 Å². The molecule has 0 aromatic carbocycles. The van der Waals surface area contributed by atoms with Gasteiger partial charge in [-0.3, -0.25) is 0 Å². The van der Waals surface area contributed by atoms with Crippen LogP contribution < -0.4 is 0 Å². The summed E-state index contributed by atoms with van der Waals surface area (Å²) in [6.45, 7) is 4.63. The van der Waals surface area contributed by atoms with Crippen LogP contribution in [0, 0.1) is 11.3 Å². The summed E-state index contributed by atoms with van der Waals surface area (Å²) in [5.41, 5.74) is 1.17. The molecule has 1 N–H and O–H groups in total. The van der Waals surface area contributed by atoms with Crippen LogP contribution in [0.5, 0.6) is 0 Å². The van der Waals surface area contributed by atoms with Gasteiger partial charge >= 0.3 is 0 Å². The molecule has 19 heavy (non-hydrogen) atoms. The number of nitrogens with zero attached hydrogens (tertiary/aromatic N) is 3. The van der Waals surface area contributed by atoms with E-state index in [1.807, 2.05) is 13.0 Å². The zero-order valence-corrected chi connectivity index (χ0v) is 11.0. The van der Waals surface area contributed by atoms with Gasteiger partial charge in [0.1, 0.15) is 17.9 Å². The fourth-order valence-electron chi connectivity index (χ4n) is 1.81. The number of rotatable bonds is 6. The molecule has 1 atom stereocenters. The number of nitrogens with one attached hydrogen (secondary N) is 1. The number of hydrogen-bond acceptors (Lipinski definition) is 5. The molecule has 2 aromatic heterocycles. The molecule has 6 nitrogen and oxygen atoms in total. The molecule has 1 unspecified atom stereocenters. The highest BCUT2D eigenvalue weighted by Crippen LogP contribution is 2.23. The van der Waals surface area contributed by atoms with E-state index in [1.165, 1.54) is 0 Å². The zero-order valence-electron chi connectivity index (χ0n) is 11.0. The van der Waals surface area contributed by atoms with Gasteiger partial charge in [0, 0.05) is 12.8 Å². The van der Waals surface area contributed by atoms with Crippen molar-refractivity contribution >= 4 is 0 Å². The Hall–Kier alpha value is -2.13. The Labute approximate surface area is 111 Å². The largest absolute Gasteiger partial charge is 0.370 e. The van der Waals surface area contributed by atoms with Gasteiger partial charge in [-0.15, -0.1) is 0 Å². The molecular weight excluding hydrogens is 244 g/mol.